The van der Waals surface area contributed by atoms with Crippen LogP contribution in [0.25, 0.3) is 0 Å². The average molecular weight is 297 g/mol. The van der Waals surface area contributed by atoms with Crippen LogP contribution in [0.2, 0.25) is 0 Å². The summed E-state index contributed by atoms with van der Waals surface area (Å²) >= 11 is 3.70. The second-order valence-electron chi connectivity index (χ2n) is 5.76. The van der Waals surface area contributed by atoms with Gasteiger partial charge in [0.15, 0.2) is 5.17 Å². The van der Waals surface area contributed by atoms with Crippen molar-refractivity contribution in [3.63, 3.8) is 0 Å². The largest absolute Gasteiger partial charge is 0.357 e. The monoisotopic (exact) mass is 296 g/mol. The normalized spacial score (nSPS) is 21.6. The first-order valence-electron chi connectivity index (χ1n) is 7.08. The molecule has 0 aliphatic carbocycles. The van der Waals surface area contributed by atoms with E-state index in [0.717, 1.165) is 5.17 Å². The molecular formula is C15H24N2S2. The lowest BCUT2D eigenvalue weighted by molar-refractivity contribution is 0.463. The summed E-state index contributed by atoms with van der Waals surface area (Å²) in [6.07, 6.45) is 1.21. The summed E-state index contributed by atoms with van der Waals surface area (Å²) in [5.41, 5.74) is 0. The molecule has 19 heavy (non-hydrogen) atoms. The lowest BCUT2D eigenvalue weighted by Gasteiger charge is -2.28. The topological polar surface area (TPSA) is 24.4 Å². The SMILES string of the molecule is CC(C)C1CCSC(NC(c2cccs2)C(C)C)=N1. The molecule has 4 heteroatoms. The third-order valence-electron chi connectivity index (χ3n) is 3.50. The predicted molar refractivity (Wildman–Crippen MR) is 88.2 cm³/mol. The summed E-state index contributed by atoms with van der Waals surface area (Å²) in [6, 6.07) is 5.22. The zero-order valence-electron chi connectivity index (χ0n) is 12.2. The van der Waals surface area contributed by atoms with E-state index in [1.54, 1.807) is 0 Å². The number of amidine groups is 1. The minimum Gasteiger partial charge on any atom is -0.357 e. The molecule has 0 spiro atoms. The smallest absolute Gasteiger partial charge is 0.157 e. The molecule has 0 bridgehead atoms. The van der Waals surface area contributed by atoms with Crippen LogP contribution in [-0.2, 0) is 0 Å². The van der Waals surface area contributed by atoms with Gasteiger partial charge in [-0.1, -0.05) is 45.5 Å². The Bertz CT molecular complexity index is 410. The van der Waals surface area contributed by atoms with Crippen LogP contribution in [0, 0.1) is 11.8 Å². The molecule has 106 valence electrons. The molecule has 0 aromatic carbocycles. The van der Waals surface area contributed by atoms with Crippen molar-refractivity contribution in [2.24, 2.45) is 16.8 Å². The summed E-state index contributed by atoms with van der Waals surface area (Å²) in [5, 5.41) is 6.95. The molecule has 1 aromatic heterocycles. The molecule has 2 nitrogen and oxygen atoms in total. The standard InChI is InChI=1S/C15H24N2S2/c1-10(2)12-7-9-19-15(16-12)17-14(11(3)4)13-6-5-8-18-13/h5-6,8,10-12,14H,7,9H2,1-4H3,(H,16,17). The van der Waals surface area contributed by atoms with Crippen LogP contribution in [0.4, 0.5) is 0 Å². The quantitative estimate of drug-likeness (QED) is 0.881. The second-order valence-corrected chi connectivity index (χ2v) is 7.83. The van der Waals surface area contributed by atoms with Crippen molar-refractivity contribution in [3.8, 4) is 0 Å². The van der Waals surface area contributed by atoms with Gasteiger partial charge in [0, 0.05) is 10.6 Å². The van der Waals surface area contributed by atoms with Gasteiger partial charge in [-0.2, -0.15) is 0 Å². The van der Waals surface area contributed by atoms with Crippen LogP contribution in [-0.4, -0.2) is 17.0 Å². The van der Waals surface area contributed by atoms with Crippen molar-refractivity contribution >= 4 is 28.3 Å². The molecule has 1 aliphatic rings. The van der Waals surface area contributed by atoms with Crippen LogP contribution in [0.1, 0.15) is 45.0 Å². The minimum atomic E-state index is 0.386. The van der Waals surface area contributed by atoms with Crippen LogP contribution in [0.5, 0.6) is 0 Å². The molecule has 2 atom stereocenters. The Morgan fingerprint density at radius 1 is 1.32 bits per heavy atom. The maximum atomic E-state index is 4.89. The number of thiophene rings is 1. The number of aliphatic imine (C=N–C) groups is 1. The number of hydrogen-bond donors (Lipinski definition) is 1. The van der Waals surface area contributed by atoms with Crippen LogP contribution in [0.15, 0.2) is 22.5 Å². The van der Waals surface area contributed by atoms with E-state index in [0.29, 0.717) is 23.9 Å². The zero-order valence-corrected chi connectivity index (χ0v) is 13.9. The molecule has 0 saturated heterocycles. The van der Waals surface area contributed by atoms with Gasteiger partial charge >= 0.3 is 0 Å². The van der Waals surface area contributed by atoms with E-state index >= 15 is 0 Å². The zero-order chi connectivity index (χ0) is 13.8. The Morgan fingerprint density at radius 3 is 2.68 bits per heavy atom. The number of nitrogens with zero attached hydrogens (tertiary/aromatic N) is 1. The number of hydrogen-bond acceptors (Lipinski definition) is 4. The summed E-state index contributed by atoms with van der Waals surface area (Å²) in [6.45, 7) is 9.07. The van der Waals surface area contributed by atoms with Gasteiger partial charge in [0.25, 0.3) is 0 Å². The van der Waals surface area contributed by atoms with E-state index in [1.807, 2.05) is 23.1 Å². The van der Waals surface area contributed by atoms with Gasteiger partial charge in [0.05, 0.1) is 12.1 Å². The third kappa shape index (κ3) is 3.99. The molecule has 1 aromatic rings. The van der Waals surface area contributed by atoms with Crippen LogP contribution >= 0.6 is 23.1 Å². The van der Waals surface area contributed by atoms with Gasteiger partial charge in [-0.25, -0.2) is 0 Å². The Balaban J connectivity index is 2.09. The lowest BCUT2D eigenvalue weighted by atomic mass is 10.0. The van der Waals surface area contributed by atoms with Gasteiger partial charge in [0.1, 0.15) is 0 Å². The minimum absolute atomic E-state index is 0.386. The Morgan fingerprint density at radius 2 is 2.11 bits per heavy atom. The van der Waals surface area contributed by atoms with Crippen molar-refractivity contribution in [2.45, 2.75) is 46.2 Å². The summed E-state index contributed by atoms with van der Waals surface area (Å²) in [7, 11) is 0. The maximum absolute atomic E-state index is 4.89. The van der Waals surface area contributed by atoms with Crippen LogP contribution in [0.3, 0.4) is 0 Å². The van der Waals surface area contributed by atoms with Crippen LogP contribution < -0.4 is 5.32 Å². The fourth-order valence-electron chi connectivity index (χ4n) is 2.26. The fourth-order valence-corrected chi connectivity index (χ4v) is 4.18. The number of rotatable bonds is 4. The second kappa shape index (κ2) is 6.80. The maximum Gasteiger partial charge on any atom is 0.157 e. The van der Waals surface area contributed by atoms with E-state index < -0.39 is 0 Å². The number of nitrogens with one attached hydrogen (secondary N) is 1. The predicted octanol–water partition coefficient (Wildman–Crippen LogP) is 4.55. The highest BCUT2D eigenvalue weighted by atomic mass is 32.2. The van der Waals surface area contributed by atoms with Gasteiger partial charge < -0.3 is 5.32 Å². The van der Waals surface area contributed by atoms with Crippen molar-refractivity contribution in [3.05, 3.63) is 22.4 Å². The van der Waals surface area contributed by atoms with Gasteiger partial charge in [-0.05, 0) is 29.7 Å². The van der Waals surface area contributed by atoms with Crippen molar-refractivity contribution < 1.29 is 0 Å². The van der Waals surface area contributed by atoms with E-state index in [2.05, 4.69) is 50.5 Å². The van der Waals surface area contributed by atoms with E-state index in [1.165, 1.54) is 17.1 Å². The Hall–Kier alpha value is -0.480. The highest BCUT2D eigenvalue weighted by Crippen LogP contribution is 2.28. The molecule has 0 amide bonds. The molecule has 2 heterocycles. The first-order chi connectivity index (χ1) is 9.08. The number of thioether (sulfide) groups is 1. The summed E-state index contributed by atoms with van der Waals surface area (Å²) in [5.74, 6) is 2.39. The molecular weight excluding hydrogens is 272 g/mol. The first kappa shape index (κ1) is 14.9. The van der Waals surface area contributed by atoms with Crippen molar-refractivity contribution in [2.75, 3.05) is 5.75 Å². The molecule has 2 unspecified atom stereocenters. The van der Waals surface area contributed by atoms with E-state index in [4.69, 9.17) is 4.99 Å². The first-order valence-corrected chi connectivity index (χ1v) is 8.95. The molecule has 2 rings (SSSR count). The Kier molecular flexibility index (Phi) is 5.34. The third-order valence-corrected chi connectivity index (χ3v) is 5.39. The highest BCUT2D eigenvalue weighted by Gasteiger charge is 2.23. The average Bonchev–Trinajstić information content (AvgIpc) is 2.89. The van der Waals surface area contributed by atoms with Crippen molar-refractivity contribution in [1.82, 2.24) is 5.32 Å². The summed E-state index contributed by atoms with van der Waals surface area (Å²) < 4.78 is 0. The Labute approximate surface area is 125 Å². The van der Waals surface area contributed by atoms with Gasteiger partial charge in [-0.15, -0.1) is 11.3 Å². The fraction of sp³-hybridized carbons (Fsp3) is 0.667. The van der Waals surface area contributed by atoms with Gasteiger partial charge in [0.2, 0.25) is 0 Å². The van der Waals surface area contributed by atoms with E-state index in [-0.39, 0.29) is 0 Å². The lowest BCUT2D eigenvalue weighted by Crippen LogP contribution is -2.33. The molecule has 0 saturated carbocycles. The molecule has 0 fully saturated rings. The van der Waals surface area contributed by atoms with E-state index in [9.17, 15) is 0 Å². The van der Waals surface area contributed by atoms with Crippen molar-refractivity contribution in [1.29, 1.82) is 0 Å². The summed E-state index contributed by atoms with van der Waals surface area (Å²) in [4.78, 5) is 6.29. The molecule has 0 radical (unpaired) electrons. The highest BCUT2D eigenvalue weighted by molar-refractivity contribution is 8.13. The molecule has 1 N–H and O–H groups in total. The molecule has 1 aliphatic heterocycles. The van der Waals surface area contributed by atoms with Gasteiger partial charge in [-0.3, -0.25) is 4.99 Å².